The van der Waals surface area contributed by atoms with Crippen molar-refractivity contribution in [2.75, 3.05) is 25.5 Å². The number of hydrogen-bond donors (Lipinski definition) is 1. The van der Waals surface area contributed by atoms with E-state index in [0.717, 1.165) is 11.0 Å². The Morgan fingerprint density at radius 2 is 1.95 bits per heavy atom. The SMILES string of the molecule is C=CC(=O)N(CC(=O)O)c1cccc(C(=O)N(C)C)c1. The van der Waals surface area contributed by atoms with Crippen molar-refractivity contribution in [3.63, 3.8) is 0 Å². The van der Waals surface area contributed by atoms with Crippen molar-refractivity contribution in [1.29, 1.82) is 0 Å². The molecule has 2 amide bonds. The second-order valence-corrected chi connectivity index (χ2v) is 4.27. The van der Waals surface area contributed by atoms with Gasteiger partial charge in [0.1, 0.15) is 6.54 Å². The van der Waals surface area contributed by atoms with Gasteiger partial charge in [0.2, 0.25) is 0 Å². The zero-order valence-corrected chi connectivity index (χ0v) is 11.4. The third-order valence-electron chi connectivity index (χ3n) is 2.54. The zero-order chi connectivity index (χ0) is 15.3. The second-order valence-electron chi connectivity index (χ2n) is 4.27. The maximum absolute atomic E-state index is 11.9. The predicted molar refractivity (Wildman–Crippen MR) is 74.6 cm³/mol. The number of carbonyl (C=O) groups is 3. The summed E-state index contributed by atoms with van der Waals surface area (Å²) in [6.45, 7) is 2.85. The van der Waals surface area contributed by atoms with Gasteiger partial charge in [0, 0.05) is 25.3 Å². The molecular formula is C14H16N2O4. The molecule has 1 aromatic carbocycles. The van der Waals surface area contributed by atoms with Gasteiger partial charge in [0.25, 0.3) is 11.8 Å². The highest BCUT2D eigenvalue weighted by Gasteiger charge is 2.18. The van der Waals surface area contributed by atoms with E-state index in [9.17, 15) is 14.4 Å². The van der Waals surface area contributed by atoms with E-state index in [4.69, 9.17) is 5.11 Å². The van der Waals surface area contributed by atoms with Crippen LogP contribution in [-0.2, 0) is 9.59 Å². The summed E-state index contributed by atoms with van der Waals surface area (Å²) >= 11 is 0. The van der Waals surface area contributed by atoms with Gasteiger partial charge in [-0.15, -0.1) is 0 Å². The molecule has 0 radical (unpaired) electrons. The van der Waals surface area contributed by atoms with E-state index in [-0.39, 0.29) is 5.91 Å². The molecule has 0 aliphatic heterocycles. The van der Waals surface area contributed by atoms with Crippen LogP contribution in [0.3, 0.4) is 0 Å². The van der Waals surface area contributed by atoms with Crippen LogP contribution in [0, 0.1) is 0 Å². The van der Waals surface area contributed by atoms with E-state index in [1.165, 1.54) is 11.0 Å². The lowest BCUT2D eigenvalue weighted by Crippen LogP contribution is -2.34. The molecule has 0 unspecified atom stereocenters. The van der Waals surface area contributed by atoms with E-state index < -0.39 is 18.4 Å². The van der Waals surface area contributed by atoms with Gasteiger partial charge in [0.15, 0.2) is 0 Å². The van der Waals surface area contributed by atoms with Gasteiger partial charge in [-0.25, -0.2) is 0 Å². The Kier molecular flexibility index (Phi) is 5.02. The lowest BCUT2D eigenvalue weighted by molar-refractivity contribution is -0.136. The first-order chi connectivity index (χ1) is 9.36. The Labute approximate surface area is 116 Å². The number of carboxylic acid groups (broad SMARTS) is 1. The maximum atomic E-state index is 11.9. The first-order valence-electron chi connectivity index (χ1n) is 5.84. The summed E-state index contributed by atoms with van der Waals surface area (Å²) in [6.07, 6.45) is 1.03. The highest BCUT2D eigenvalue weighted by Crippen LogP contribution is 2.17. The van der Waals surface area contributed by atoms with Crippen LogP contribution < -0.4 is 4.90 Å². The van der Waals surface area contributed by atoms with E-state index in [2.05, 4.69) is 6.58 Å². The Morgan fingerprint density at radius 3 is 2.45 bits per heavy atom. The molecule has 0 saturated carbocycles. The number of nitrogens with zero attached hydrogens (tertiary/aromatic N) is 2. The molecule has 1 N–H and O–H groups in total. The van der Waals surface area contributed by atoms with Crippen LogP contribution in [0.2, 0.25) is 0 Å². The number of benzene rings is 1. The Balaban J connectivity index is 3.17. The van der Waals surface area contributed by atoms with Gasteiger partial charge in [0.05, 0.1) is 0 Å². The van der Waals surface area contributed by atoms with E-state index in [0.29, 0.717) is 11.3 Å². The molecule has 0 saturated heterocycles. The van der Waals surface area contributed by atoms with Crippen molar-refractivity contribution < 1.29 is 19.5 Å². The highest BCUT2D eigenvalue weighted by molar-refractivity contribution is 6.04. The summed E-state index contributed by atoms with van der Waals surface area (Å²) in [5.41, 5.74) is 0.713. The van der Waals surface area contributed by atoms with Crippen molar-refractivity contribution in [1.82, 2.24) is 4.90 Å². The van der Waals surface area contributed by atoms with Crippen molar-refractivity contribution in [3.05, 3.63) is 42.5 Å². The number of carbonyl (C=O) groups excluding carboxylic acids is 2. The van der Waals surface area contributed by atoms with E-state index in [1.807, 2.05) is 0 Å². The summed E-state index contributed by atoms with van der Waals surface area (Å²) < 4.78 is 0. The Bertz CT molecular complexity index is 552. The lowest BCUT2D eigenvalue weighted by Gasteiger charge is -2.20. The number of rotatable bonds is 5. The van der Waals surface area contributed by atoms with Crippen molar-refractivity contribution in [3.8, 4) is 0 Å². The minimum absolute atomic E-state index is 0.229. The molecule has 0 bridgehead atoms. The van der Waals surface area contributed by atoms with E-state index in [1.54, 1.807) is 32.3 Å². The first kappa shape index (κ1) is 15.4. The van der Waals surface area contributed by atoms with Crippen LogP contribution >= 0.6 is 0 Å². The maximum Gasteiger partial charge on any atom is 0.323 e. The molecule has 6 heteroatoms. The molecule has 0 aromatic heterocycles. The van der Waals surface area contributed by atoms with Crippen LogP contribution in [0.15, 0.2) is 36.9 Å². The van der Waals surface area contributed by atoms with Crippen LogP contribution in [0.5, 0.6) is 0 Å². The Hall–Kier alpha value is -2.63. The molecule has 1 rings (SSSR count). The van der Waals surface area contributed by atoms with Crippen LogP contribution in [-0.4, -0.2) is 48.4 Å². The molecule has 106 valence electrons. The lowest BCUT2D eigenvalue weighted by atomic mass is 10.1. The van der Waals surface area contributed by atoms with Crippen molar-refractivity contribution in [2.45, 2.75) is 0 Å². The molecule has 0 aliphatic carbocycles. The molecule has 6 nitrogen and oxygen atoms in total. The summed E-state index contributed by atoms with van der Waals surface area (Å²) in [5, 5.41) is 8.85. The van der Waals surface area contributed by atoms with Gasteiger partial charge < -0.3 is 10.0 Å². The van der Waals surface area contributed by atoms with Gasteiger partial charge in [-0.3, -0.25) is 19.3 Å². The molecule has 0 heterocycles. The van der Waals surface area contributed by atoms with Gasteiger partial charge >= 0.3 is 5.97 Å². The topological polar surface area (TPSA) is 77.9 Å². The molecule has 0 atom stereocenters. The molecule has 20 heavy (non-hydrogen) atoms. The molecular weight excluding hydrogens is 260 g/mol. The fourth-order valence-corrected chi connectivity index (χ4v) is 1.61. The summed E-state index contributed by atoms with van der Waals surface area (Å²) in [7, 11) is 3.22. The minimum atomic E-state index is -1.15. The average Bonchev–Trinajstić information content (AvgIpc) is 2.42. The zero-order valence-electron chi connectivity index (χ0n) is 11.4. The van der Waals surface area contributed by atoms with Crippen LogP contribution in [0.25, 0.3) is 0 Å². The number of aliphatic carboxylic acids is 1. The third-order valence-corrected chi connectivity index (χ3v) is 2.54. The fourth-order valence-electron chi connectivity index (χ4n) is 1.61. The molecule has 0 fully saturated rings. The third kappa shape index (κ3) is 3.68. The normalized spacial score (nSPS) is 9.70. The minimum Gasteiger partial charge on any atom is -0.480 e. The highest BCUT2D eigenvalue weighted by atomic mass is 16.4. The number of anilines is 1. The second kappa shape index (κ2) is 6.51. The quantitative estimate of drug-likeness (QED) is 0.814. The number of amides is 2. The number of carboxylic acids is 1. The van der Waals surface area contributed by atoms with Crippen molar-refractivity contribution in [2.24, 2.45) is 0 Å². The van der Waals surface area contributed by atoms with Gasteiger partial charge in [-0.2, -0.15) is 0 Å². The van der Waals surface area contributed by atoms with E-state index >= 15 is 0 Å². The monoisotopic (exact) mass is 276 g/mol. The Morgan fingerprint density at radius 1 is 1.30 bits per heavy atom. The average molecular weight is 276 g/mol. The molecule has 0 spiro atoms. The smallest absolute Gasteiger partial charge is 0.323 e. The predicted octanol–water partition coefficient (Wildman–Crippen LogP) is 0.992. The molecule has 0 aliphatic rings. The first-order valence-corrected chi connectivity index (χ1v) is 5.84. The fraction of sp³-hybridized carbons (Fsp3) is 0.214. The number of hydrogen-bond acceptors (Lipinski definition) is 3. The molecule has 1 aromatic rings. The largest absolute Gasteiger partial charge is 0.480 e. The summed E-state index contributed by atoms with van der Waals surface area (Å²) in [5.74, 6) is -1.92. The summed E-state index contributed by atoms with van der Waals surface area (Å²) in [6, 6.07) is 6.24. The standard InChI is InChI=1S/C14H16N2O4/c1-4-12(17)16(9-13(18)19)11-7-5-6-10(8-11)14(20)15(2)3/h4-8H,1,9H2,2-3H3,(H,18,19). The summed E-state index contributed by atoms with van der Waals surface area (Å²) in [4.78, 5) is 36.8. The van der Waals surface area contributed by atoms with Crippen molar-refractivity contribution >= 4 is 23.5 Å². The van der Waals surface area contributed by atoms with Crippen LogP contribution in [0.4, 0.5) is 5.69 Å². The van der Waals surface area contributed by atoms with Gasteiger partial charge in [-0.1, -0.05) is 12.6 Å². The van der Waals surface area contributed by atoms with Gasteiger partial charge in [-0.05, 0) is 24.3 Å². The van der Waals surface area contributed by atoms with Crippen LogP contribution in [0.1, 0.15) is 10.4 Å².